The van der Waals surface area contributed by atoms with Crippen LogP contribution in [0.25, 0.3) is 22.1 Å². The molecular formula is C28H31N3O3. The van der Waals surface area contributed by atoms with Crippen molar-refractivity contribution in [3.05, 3.63) is 59.9 Å². The summed E-state index contributed by atoms with van der Waals surface area (Å²) in [6, 6.07) is 15.7. The Hall–Kier alpha value is -3.12. The number of rotatable bonds is 4. The average molecular weight is 458 g/mol. The molecule has 0 aliphatic carbocycles. The van der Waals surface area contributed by atoms with Crippen LogP contribution in [-0.4, -0.2) is 60.4 Å². The molecule has 0 saturated carbocycles. The molecular weight excluding hydrogens is 426 g/mol. The molecule has 1 aromatic heterocycles. The largest absolute Gasteiger partial charge is 0.450 e. The molecule has 4 aliphatic rings. The molecule has 2 amide bonds. The van der Waals surface area contributed by atoms with Gasteiger partial charge < -0.3 is 19.5 Å². The third kappa shape index (κ3) is 4.00. The van der Waals surface area contributed by atoms with E-state index in [-0.39, 0.29) is 17.9 Å². The number of hydrogen-bond acceptors (Lipinski definition) is 4. The minimum Gasteiger partial charge on any atom is -0.450 e. The van der Waals surface area contributed by atoms with Gasteiger partial charge in [0.25, 0.3) is 11.8 Å². The molecule has 0 unspecified atom stereocenters. The zero-order chi connectivity index (χ0) is 23.1. The molecule has 0 spiro atoms. The van der Waals surface area contributed by atoms with Crippen LogP contribution < -0.4 is 5.32 Å². The number of carbonyl (C=O) groups excluding carboxylic acids is 2. The highest BCUT2D eigenvalue weighted by molar-refractivity contribution is 6.01. The van der Waals surface area contributed by atoms with Crippen LogP contribution in [0.4, 0.5) is 0 Å². The summed E-state index contributed by atoms with van der Waals surface area (Å²) in [6.45, 7) is 4.87. The topological polar surface area (TPSA) is 65.8 Å². The van der Waals surface area contributed by atoms with E-state index < -0.39 is 0 Å². The molecule has 4 fully saturated rings. The molecule has 6 heteroatoms. The van der Waals surface area contributed by atoms with Crippen LogP contribution in [0.5, 0.6) is 0 Å². The molecule has 4 saturated heterocycles. The third-order valence-corrected chi connectivity index (χ3v) is 7.80. The molecule has 7 rings (SSSR count). The number of para-hydroxylation sites is 1. The Kier molecular flexibility index (Phi) is 5.61. The number of furan rings is 1. The maximum atomic E-state index is 13.1. The van der Waals surface area contributed by atoms with Gasteiger partial charge in [-0.2, -0.15) is 0 Å². The van der Waals surface area contributed by atoms with Gasteiger partial charge in [0.2, 0.25) is 0 Å². The standard InChI is InChI=1S/C28H31N3O3/c32-27(29-24-18-30-14-10-19(24)11-15-30)25-17-21-7-5-9-23(26(21)34-25)20-6-4-8-22(16-20)28(33)31-12-2-1-3-13-31/h4-9,16-17,19,24H,1-3,10-15,18H2,(H,29,32)/t24-/m0/s1. The smallest absolute Gasteiger partial charge is 0.287 e. The van der Waals surface area contributed by atoms with Crippen LogP contribution in [-0.2, 0) is 0 Å². The third-order valence-electron chi connectivity index (χ3n) is 7.80. The summed E-state index contributed by atoms with van der Waals surface area (Å²) >= 11 is 0. The van der Waals surface area contributed by atoms with E-state index in [1.807, 2.05) is 53.4 Å². The molecule has 176 valence electrons. The molecule has 6 nitrogen and oxygen atoms in total. The van der Waals surface area contributed by atoms with Crippen molar-refractivity contribution in [3.63, 3.8) is 0 Å². The SMILES string of the molecule is O=C(N[C@H]1CN2CCC1CC2)c1cc2cccc(-c3cccc(C(=O)N4CCCCC4)c3)c2o1. The first kappa shape index (κ1) is 21.4. The van der Waals surface area contributed by atoms with Crippen LogP contribution in [0.15, 0.2) is 52.9 Å². The first-order chi connectivity index (χ1) is 16.7. The maximum absolute atomic E-state index is 13.1. The highest BCUT2D eigenvalue weighted by Gasteiger charge is 2.35. The Labute approximate surface area is 199 Å². The first-order valence-electron chi connectivity index (χ1n) is 12.6. The van der Waals surface area contributed by atoms with Crippen molar-refractivity contribution >= 4 is 22.8 Å². The normalized spacial score (nSPS) is 24.4. The number of hydrogen-bond donors (Lipinski definition) is 1. The number of nitrogens with zero attached hydrogens (tertiary/aromatic N) is 2. The molecule has 4 aliphatic heterocycles. The number of amides is 2. The first-order valence-corrected chi connectivity index (χ1v) is 12.6. The number of nitrogens with one attached hydrogen (secondary N) is 1. The second-order valence-electron chi connectivity index (χ2n) is 9.99. The van der Waals surface area contributed by atoms with Gasteiger partial charge in [-0.3, -0.25) is 9.59 Å². The molecule has 2 aromatic carbocycles. The van der Waals surface area contributed by atoms with Gasteiger partial charge in [0.15, 0.2) is 5.76 Å². The number of carbonyl (C=O) groups is 2. The molecule has 1 atom stereocenters. The lowest BCUT2D eigenvalue weighted by Crippen LogP contribution is -2.57. The average Bonchev–Trinajstić information content (AvgIpc) is 3.34. The summed E-state index contributed by atoms with van der Waals surface area (Å²) in [5.74, 6) is 0.856. The van der Waals surface area contributed by atoms with Crippen LogP contribution in [0.1, 0.15) is 53.0 Å². The number of fused-ring (bicyclic) bond motifs is 4. The van der Waals surface area contributed by atoms with E-state index >= 15 is 0 Å². The van der Waals surface area contributed by atoms with Crippen molar-refractivity contribution in [1.29, 1.82) is 0 Å². The zero-order valence-corrected chi connectivity index (χ0v) is 19.5. The van der Waals surface area contributed by atoms with E-state index in [4.69, 9.17) is 4.42 Å². The van der Waals surface area contributed by atoms with Gasteiger partial charge in [-0.1, -0.05) is 30.3 Å². The van der Waals surface area contributed by atoms with Gasteiger partial charge in [-0.15, -0.1) is 0 Å². The molecule has 1 N–H and O–H groups in total. The summed E-state index contributed by atoms with van der Waals surface area (Å²) in [5.41, 5.74) is 3.20. The van der Waals surface area contributed by atoms with Crippen LogP contribution in [0.3, 0.4) is 0 Å². The van der Waals surface area contributed by atoms with E-state index in [9.17, 15) is 9.59 Å². The highest BCUT2D eigenvalue weighted by atomic mass is 16.3. The highest BCUT2D eigenvalue weighted by Crippen LogP contribution is 2.33. The van der Waals surface area contributed by atoms with Crippen molar-refractivity contribution in [1.82, 2.24) is 15.1 Å². The van der Waals surface area contributed by atoms with Crippen molar-refractivity contribution in [3.8, 4) is 11.1 Å². The van der Waals surface area contributed by atoms with E-state index in [2.05, 4.69) is 10.2 Å². The van der Waals surface area contributed by atoms with Gasteiger partial charge in [0, 0.05) is 42.2 Å². The summed E-state index contributed by atoms with van der Waals surface area (Å²) in [4.78, 5) is 30.5. The molecule has 0 radical (unpaired) electrons. The second-order valence-corrected chi connectivity index (χ2v) is 9.99. The lowest BCUT2D eigenvalue weighted by Gasteiger charge is -2.44. The zero-order valence-electron chi connectivity index (χ0n) is 19.5. The monoisotopic (exact) mass is 457 g/mol. The van der Waals surface area contributed by atoms with Crippen LogP contribution in [0, 0.1) is 5.92 Å². The van der Waals surface area contributed by atoms with E-state index in [1.165, 1.54) is 6.42 Å². The summed E-state index contributed by atoms with van der Waals surface area (Å²) in [5, 5.41) is 4.12. The Morgan fingerprint density at radius 3 is 2.47 bits per heavy atom. The van der Waals surface area contributed by atoms with E-state index in [0.717, 1.165) is 74.9 Å². The maximum Gasteiger partial charge on any atom is 0.287 e. The predicted octanol–water partition coefficient (Wildman–Crippen LogP) is 4.55. The summed E-state index contributed by atoms with van der Waals surface area (Å²) in [7, 11) is 0. The van der Waals surface area contributed by atoms with Gasteiger partial charge in [-0.05, 0) is 74.9 Å². The fraction of sp³-hybridized carbons (Fsp3) is 0.429. The number of benzene rings is 2. The minimum absolute atomic E-state index is 0.0887. The van der Waals surface area contributed by atoms with Crippen molar-refractivity contribution in [2.75, 3.05) is 32.7 Å². The van der Waals surface area contributed by atoms with Gasteiger partial charge in [0.1, 0.15) is 5.58 Å². The lowest BCUT2D eigenvalue weighted by molar-refractivity contribution is 0.0607. The Morgan fingerprint density at radius 1 is 0.912 bits per heavy atom. The second kappa shape index (κ2) is 8.91. The lowest BCUT2D eigenvalue weighted by atomic mass is 9.84. The quantitative estimate of drug-likeness (QED) is 0.624. The van der Waals surface area contributed by atoms with Crippen LogP contribution >= 0.6 is 0 Å². The molecule has 2 bridgehead atoms. The van der Waals surface area contributed by atoms with Crippen LogP contribution in [0.2, 0.25) is 0 Å². The van der Waals surface area contributed by atoms with Crippen molar-refractivity contribution in [2.45, 2.75) is 38.1 Å². The Bertz CT molecular complexity index is 1220. The number of likely N-dealkylation sites (tertiary alicyclic amines) is 1. The summed E-state index contributed by atoms with van der Waals surface area (Å²) < 4.78 is 6.13. The van der Waals surface area contributed by atoms with Gasteiger partial charge in [0.05, 0.1) is 0 Å². The van der Waals surface area contributed by atoms with Gasteiger partial charge >= 0.3 is 0 Å². The van der Waals surface area contributed by atoms with Gasteiger partial charge in [-0.25, -0.2) is 0 Å². The van der Waals surface area contributed by atoms with E-state index in [1.54, 1.807) is 0 Å². The van der Waals surface area contributed by atoms with E-state index in [0.29, 0.717) is 22.8 Å². The van der Waals surface area contributed by atoms with Crippen molar-refractivity contribution < 1.29 is 14.0 Å². The molecule has 3 aromatic rings. The Balaban J connectivity index is 1.26. The predicted molar refractivity (Wildman–Crippen MR) is 132 cm³/mol. The fourth-order valence-electron chi connectivity index (χ4n) is 5.87. The summed E-state index contributed by atoms with van der Waals surface area (Å²) in [6.07, 6.45) is 5.65. The Morgan fingerprint density at radius 2 is 1.71 bits per heavy atom. The molecule has 5 heterocycles. The number of piperidine rings is 4. The van der Waals surface area contributed by atoms with Crippen molar-refractivity contribution in [2.24, 2.45) is 5.92 Å². The molecule has 34 heavy (non-hydrogen) atoms. The fourth-order valence-corrected chi connectivity index (χ4v) is 5.87. The minimum atomic E-state index is -0.144.